The van der Waals surface area contributed by atoms with Crippen molar-refractivity contribution >= 4 is 41.2 Å². The van der Waals surface area contributed by atoms with Crippen molar-refractivity contribution < 1.29 is 14.7 Å². The number of thioether (sulfide) groups is 1. The topological polar surface area (TPSA) is 106 Å². The first-order valence-corrected chi connectivity index (χ1v) is 11.5. The molecular formula is C26H30N4O3S. The van der Waals surface area contributed by atoms with Gasteiger partial charge in [-0.05, 0) is 36.3 Å². The average Bonchev–Trinajstić information content (AvgIpc) is 2.80. The molecule has 0 aliphatic rings. The van der Waals surface area contributed by atoms with Gasteiger partial charge in [-0.1, -0.05) is 49.0 Å². The summed E-state index contributed by atoms with van der Waals surface area (Å²) in [4.78, 5) is 24.8. The number of anilines is 1. The molecular weight excluding hydrogens is 448 g/mol. The fourth-order valence-electron chi connectivity index (χ4n) is 2.89. The molecule has 1 amide bonds. The third-order valence-corrected chi connectivity index (χ3v) is 5.72. The lowest BCUT2D eigenvalue weighted by Gasteiger charge is -2.17. The summed E-state index contributed by atoms with van der Waals surface area (Å²) in [6, 6.07) is 17.2. The molecule has 0 saturated carbocycles. The van der Waals surface area contributed by atoms with Gasteiger partial charge in [0.1, 0.15) is 5.84 Å². The summed E-state index contributed by atoms with van der Waals surface area (Å²) in [5.41, 5.74) is 3.05. The van der Waals surface area contributed by atoms with Crippen molar-refractivity contribution in [2.24, 2.45) is 0 Å². The van der Waals surface area contributed by atoms with Crippen molar-refractivity contribution in [3.05, 3.63) is 95.2 Å². The Balaban J connectivity index is 1.92. The lowest BCUT2D eigenvalue weighted by atomic mass is 10.1. The molecule has 2 rings (SSSR count). The minimum atomic E-state index is -1.01. The third-order valence-electron chi connectivity index (χ3n) is 4.69. The standard InChI is InChI=1S/C26H30N4O3S/c1-18(34-19(2)28-17-22(16-25(32)33)26(27)30(3)4)21-11-13-23(14-12-21)29-24(31)15-10-20-8-6-5-7-9-20/h5-15,17-18,27-28H,2,16H2,1,3-4H3,(H,29,31)(H,32,33)/b15-10+,22-17?,27-26?. The van der Waals surface area contributed by atoms with Gasteiger partial charge in [-0.3, -0.25) is 15.0 Å². The molecule has 0 spiro atoms. The van der Waals surface area contributed by atoms with Crippen molar-refractivity contribution in [2.75, 3.05) is 19.4 Å². The Morgan fingerprint density at radius 1 is 1.15 bits per heavy atom. The number of carbonyl (C=O) groups is 2. The van der Waals surface area contributed by atoms with E-state index in [0.717, 1.165) is 11.1 Å². The van der Waals surface area contributed by atoms with Crippen LogP contribution in [0.15, 0.2) is 84.1 Å². The second-order valence-electron chi connectivity index (χ2n) is 7.67. The van der Waals surface area contributed by atoms with Crippen molar-refractivity contribution in [2.45, 2.75) is 18.6 Å². The van der Waals surface area contributed by atoms with E-state index >= 15 is 0 Å². The van der Waals surface area contributed by atoms with Crippen LogP contribution in [0.1, 0.15) is 29.7 Å². The van der Waals surface area contributed by atoms with E-state index < -0.39 is 5.97 Å². The van der Waals surface area contributed by atoms with E-state index in [9.17, 15) is 9.59 Å². The maximum atomic E-state index is 12.2. The van der Waals surface area contributed by atoms with Crippen LogP contribution in [0.3, 0.4) is 0 Å². The van der Waals surface area contributed by atoms with Gasteiger partial charge in [0, 0.05) is 42.9 Å². The van der Waals surface area contributed by atoms with E-state index in [1.54, 1.807) is 25.1 Å². The fourth-order valence-corrected chi connectivity index (χ4v) is 3.74. The van der Waals surface area contributed by atoms with Crippen molar-refractivity contribution in [3.63, 3.8) is 0 Å². The van der Waals surface area contributed by atoms with Gasteiger partial charge in [-0.2, -0.15) is 0 Å². The molecule has 0 aliphatic carbocycles. The van der Waals surface area contributed by atoms with Gasteiger partial charge >= 0.3 is 5.97 Å². The molecule has 7 nitrogen and oxygen atoms in total. The van der Waals surface area contributed by atoms with Crippen LogP contribution in [-0.2, 0) is 9.59 Å². The van der Waals surface area contributed by atoms with E-state index in [-0.39, 0.29) is 23.4 Å². The van der Waals surface area contributed by atoms with Gasteiger partial charge in [0.25, 0.3) is 0 Å². The van der Waals surface area contributed by atoms with Gasteiger partial charge in [0.15, 0.2) is 0 Å². The summed E-state index contributed by atoms with van der Waals surface area (Å²) in [7, 11) is 3.38. The Morgan fingerprint density at radius 2 is 1.79 bits per heavy atom. The van der Waals surface area contributed by atoms with E-state index in [4.69, 9.17) is 10.5 Å². The van der Waals surface area contributed by atoms with Crippen LogP contribution in [0, 0.1) is 5.41 Å². The number of nitrogens with zero attached hydrogens (tertiary/aromatic N) is 1. The molecule has 34 heavy (non-hydrogen) atoms. The van der Waals surface area contributed by atoms with Gasteiger partial charge in [-0.15, -0.1) is 11.8 Å². The molecule has 4 N–H and O–H groups in total. The molecule has 0 saturated heterocycles. The zero-order chi connectivity index (χ0) is 25.1. The Bertz CT molecular complexity index is 1080. The molecule has 0 fully saturated rings. The monoisotopic (exact) mass is 478 g/mol. The zero-order valence-corrected chi connectivity index (χ0v) is 20.4. The molecule has 8 heteroatoms. The summed E-state index contributed by atoms with van der Waals surface area (Å²) in [5.74, 6) is -1.09. The molecule has 0 radical (unpaired) electrons. The number of amidine groups is 1. The Labute approximate surface area is 204 Å². The van der Waals surface area contributed by atoms with E-state index in [0.29, 0.717) is 16.3 Å². The van der Waals surface area contributed by atoms with E-state index in [1.165, 1.54) is 24.0 Å². The lowest BCUT2D eigenvalue weighted by Crippen LogP contribution is -2.25. The van der Waals surface area contributed by atoms with Crippen LogP contribution in [-0.4, -0.2) is 41.8 Å². The number of nitrogens with one attached hydrogen (secondary N) is 3. The number of amides is 1. The Morgan fingerprint density at radius 3 is 2.38 bits per heavy atom. The number of hydrogen-bond acceptors (Lipinski definition) is 5. The number of aliphatic carboxylic acids is 1. The SMILES string of the molecule is C=C(NC=C(CC(=O)O)C(=N)N(C)C)SC(C)c1ccc(NC(=O)/C=C/c2ccccc2)cc1. The Kier molecular flexibility index (Phi) is 10.2. The van der Waals surface area contributed by atoms with Crippen LogP contribution in [0.5, 0.6) is 0 Å². The van der Waals surface area contributed by atoms with Crippen LogP contribution >= 0.6 is 11.8 Å². The minimum Gasteiger partial charge on any atom is -0.481 e. The molecule has 0 heterocycles. The summed E-state index contributed by atoms with van der Waals surface area (Å²) < 4.78 is 0. The summed E-state index contributed by atoms with van der Waals surface area (Å²) in [5, 5.41) is 23.7. The van der Waals surface area contributed by atoms with Gasteiger partial charge in [0.05, 0.1) is 11.4 Å². The number of benzene rings is 2. The fraction of sp³-hybridized carbons (Fsp3) is 0.192. The van der Waals surface area contributed by atoms with Crippen LogP contribution < -0.4 is 10.6 Å². The van der Waals surface area contributed by atoms with Crippen molar-refractivity contribution in [1.82, 2.24) is 10.2 Å². The second-order valence-corrected chi connectivity index (χ2v) is 9.10. The average molecular weight is 479 g/mol. The predicted molar refractivity (Wildman–Crippen MR) is 141 cm³/mol. The molecule has 1 atom stereocenters. The number of carbonyl (C=O) groups excluding carboxylic acids is 1. The highest BCUT2D eigenvalue weighted by Crippen LogP contribution is 2.32. The van der Waals surface area contributed by atoms with Crippen molar-refractivity contribution in [1.29, 1.82) is 5.41 Å². The molecule has 0 bridgehead atoms. The Hall–Kier alpha value is -3.78. The lowest BCUT2D eigenvalue weighted by molar-refractivity contribution is -0.136. The molecule has 0 aliphatic heterocycles. The normalized spacial score (nSPS) is 12.1. The summed E-state index contributed by atoms with van der Waals surface area (Å²) in [6.07, 6.45) is 4.52. The zero-order valence-electron chi connectivity index (χ0n) is 19.5. The van der Waals surface area contributed by atoms with Gasteiger partial charge < -0.3 is 20.6 Å². The number of carboxylic acid groups (broad SMARTS) is 1. The van der Waals surface area contributed by atoms with Crippen LogP contribution in [0.2, 0.25) is 0 Å². The van der Waals surface area contributed by atoms with Gasteiger partial charge in [-0.25, -0.2) is 0 Å². The first-order valence-electron chi connectivity index (χ1n) is 10.6. The molecule has 2 aromatic carbocycles. The second kappa shape index (κ2) is 13.1. The molecule has 2 aromatic rings. The van der Waals surface area contributed by atoms with Crippen molar-refractivity contribution in [3.8, 4) is 0 Å². The van der Waals surface area contributed by atoms with Gasteiger partial charge in [0.2, 0.25) is 5.91 Å². The van der Waals surface area contributed by atoms with Crippen LogP contribution in [0.4, 0.5) is 5.69 Å². The smallest absolute Gasteiger partial charge is 0.308 e. The molecule has 1 unspecified atom stereocenters. The highest BCUT2D eigenvalue weighted by molar-refractivity contribution is 8.03. The molecule has 0 aromatic heterocycles. The highest BCUT2D eigenvalue weighted by atomic mass is 32.2. The maximum absolute atomic E-state index is 12.2. The number of rotatable bonds is 11. The third kappa shape index (κ3) is 8.99. The summed E-state index contributed by atoms with van der Waals surface area (Å²) in [6.45, 7) is 6.01. The number of likely N-dealkylation sites (N-methyl/N-ethyl adjacent to an activating group) is 1. The minimum absolute atomic E-state index is 0.0624. The first kappa shape index (κ1) is 26.5. The van der Waals surface area contributed by atoms with Crippen LogP contribution in [0.25, 0.3) is 6.08 Å². The highest BCUT2D eigenvalue weighted by Gasteiger charge is 2.13. The number of hydrogen-bond donors (Lipinski definition) is 4. The summed E-state index contributed by atoms with van der Waals surface area (Å²) >= 11 is 1.48. The predicted octanol–water partition coefficient (Wildman–Crippen LogP) is 5.09. The quantitative estimate of drug-likeness (QED) is 0.204. The van der Waals surface area contributed by atoms with E-state index in [2.05, 4.69) is 17.2 Å². The largest absolute Gasteiger partial charge is 0.481 e. The number of carboxylic acids is 1. The maximum Gasteiger partial charge on any atom is 0.308 e. The molecule has 178 valence electrons. The van der Waals surface area contributed by atoms with E-state index in [1.807, 2.05) is 61.5 Å². The first-order chi connectivity index (χ1) is 16.2.